The lowest BCUT2D eigenvalue weighted by atomic mass is 10.0. The van der Waals surface area contributed by atoms with Crippen LogP contribution in [-0.2, 0) is 11.8 Å². The van der Waals surface area contributed by atoms with Gasteiger partial charge in [-0.3, -0.25) is 10.1 Å². The van der Waals surface area contributed by atoms with Crippen LogP contribution in [0.1, 0.15) is 27.2 Å². The lowest BCUT2D eigenvalue weighted by Crippen LogP contribution is -2.53. The average Bonchev–Trinajstić information content (AvgIpc) is 2.88. The van der Waals surface area contributed by atoms with Crippen LogP contribution in [-0.4, -0.2) is 51.5 Å². The second-order valence-electron chi connectivity index (χ2n) is 8.10. The van der Waals surface area contributed by atoms with Crippen molar-refractivity contribution in [2.24, 2.45) is 7.05 Å². The molecule has 1 aromatic carbocycles. The highest BCUT2D eigenvalue weighted by molar-refractivity contribution is 9.10. The number of alkyl halides is 1. The van der Waals surface area contributed by atoms with Crippen molar-refractivity contribution in [3.8, 4) is 0 Å². The molecule has 1 saturated heterocycles. The van der Waals surface area contributed by atoms with Gasteiger partial charge in [-0.05, 0) is 42.8 Å². The first kappa shape index (κ1) is 21.3. The normalized spacial score (nSPS) is 20.0. The number of hydrogen-bond donors (Lipinski definition) is 1. The van der Waals surface area contributed by atoms with E-state index >= 15 is 0 Å². The summed E-state index contributed by atoms with van der Waals surface area (Å²) in [5, 5.41) is 13.9. The number of piperidine rings is 1. The third-order valence-electron chi connectivity index (χ3n) is 4.53. The Balaban J connectivity index is 1.85. The van der Waals surface area contributed by atoms with Crippen molar-refractivity contribution in [3.05, 3.63) is 26.7 Å². The molecular weight excluding hydrogens is 449 g/mol. The SMILES string of the molecule is Cn1c(N2C[C@H](F)C[C@@H](NC(=O)OC(C)(C)C)C2)nc2cc([N+](=O)[O-])c(Br)cc21. The molecule has 1 aliphatic heterocycles. The minimum Gasteiger partial charge on any atom is -0.444 e. The number of halogens is 2. The van der Waals surface area contributed by atoms with Crippen LogP contribution in [0.5, 0.6) is 0 Å². The van der Waals surface area contributed by atoms with Crippen molar-refractivity contribution in [2.45, 2.75) is 45.0 Å². The second kappa shape index (κ2) is 7.77. The average molecular weight is 472 g/mol. The summed E-state index contributed by atoms with van der Waals surface area (Å²) in [6, 6.07) is 2.56. The quantitative estimate of drug-likeness (QED) is 0.540. The fourth-order valence-corrected chi connectivity index (χ4v) is 3.87. The van der Waals surface area contributed by atoms with Gasteiger partial charge in [0, 0.05) is 26.1 Å². The van der Waals surface area contributed by atoms with Crippen LogP contribution in [0.15, 0.2) is 16.6 Å². The number of aromatic nitrogens is 2. The molecule has 1 aromatic heterocycles. The van der Waals surface area contributed by atoms with Gasteiger partial charge in [0.25, 0.3) is 5.69 Å². The molecule has 2 heterocycles. The maximum absolute atomic E-state index is 14.4. The molecule has 0 aliphatic carbocycles. The number of nitrogens with zero attached hydrogens (tertiary/aromatic N) is 4. The molecule has 3 rings (SSSR count). The third-order valence-corrected chi connectivity index (χ3v) is 5.16. The Morgan fingerprint density at radius 2 is 2.10 bits per heavy atom. The number of fused-ring (bicyclic) bond motifs is 1. The minimum absolute atomic E-state index is 0.0892. The minimum atomic E-state index is -1.16. The van der Waals surface area contributed by atoms with Gasteiger partial charge >= 0.3 is 6.09 Å². The smallest absolute Gasteiger partial charge is 0.407 e. The molecule has 1 N–H and O–H groups in total. The Morgan fingerprint density at radius 3 is 2.72 bits per heavy atom. The molecule has 1 aliphatic rings. The van der Waals surface area contributed by atoms with Crippen LogP contribution < -0.4 is 10.2 Å². The van der Waals surface area contributed by atoms with Crippen LogP contribution in [0, 0.1) is 10.1 Å². The molecule has 0 bridgehead atoms. The monoisotopic (exact) mass is 471 g/mol. The van der Waals surface area contributed by atoms with Crippen molar-refractivity contribution >= 4 is 44.7 Å². The first-order valence-electron chi connectivity index (χ1n) is 9.13. The van der Waals surface area contributed by atoms with Crippen LogP contribution in [0.2, 0.25) is 0 Å². The van der Waals surface area contributed by atoms with Gasteiger partial charge in [-0.15, -0.1) is 0 Å². The first-order valence-corrected chi connectivity index (χ1v) is 9.93. The number of nitrogens with one attached hydrogen (secondary N) is 1. The van der Waals surface area contributed by atoms with E-state index in [1.807, 2.05) is 0 Å². The number of nitro benzene ring substituents is 1. The molecule has 1 fully saturated rings. The molecule has 0 radical (unpaired) electrons. The third kappa shape index (κ3) is 4.77. The highest BCUT2D eigenvalue weighted by Gasteiger charge is 2.32. The van der Waals surface area contributed by atoms with E-state index in [-0.39, 0.29) is 18.7 Å². The molecule has 2 aromatic rings. The lowest BCUT2D eigenvalue weighted by Gasteiger charge is -2.35. The number of benzene rings is 1. The van der Waals surface area contributed by atoms with E-state index in [9.17, 15) is 19.3 Å². The summed E-state index contributed by atoms with van der Waals surface area (Å²) >= 11 is 3.21. The second-order valence-corrected chi connectivity index (χ2v) is 8.96. The van der Waals surface area contributed by atoms with E-state index in [0.29, 0.717) is 28.0 Å². The number of carbonyl (C=O) groups is 1. The molecule has 0 unspecified atom stereocenters. The summed E-state index contributed by atoms with van der Waals surface area (Å²) < 4.78 is 21.8. The van der Waals surface area contributed by atoms with Gasteiger partial charge in [-0.1, -0.05) is 0 Å². The van der Waals surface area contributed by atoms with Gasteiger partial charge in [0.05, 0.1) is 33.0 Å². The van der Waals surface area contributed by atoms with E-state index < -0.39 is 28.8 Å². The fourth-order valence-electron chi connectivity index (χ4n) is 3.39. The number of anilines is 1. The summed E-state index contributed by atoms with van der Waals surface area (Å²) in [7, 11) is 1.76. The zero-order valence-electron chi connectivity index (χ0n) is 16.6. The molecular formula is C18H23BrFN5O4. The van der Waals surface area contributed by atoms with Crippen molar-refractivity contribution in [1.82, 2.24) is 14.9 Å². The number of nitro groups is 1. The van der Waals surface area contributed by atoms with Crippen LogP contribution in [0.4, 0.5) is 20.8 Å². The maximum atomic E-state index is 14.4. The van der Waals surface area contributed by atoms with Gasteiger partial charge in [-0.2, -0.15) is 0 Å². The molecule has 29 heavy (non-hydrogen) atoms. The summed E-state index contributed by atoms with van der Waals surface area (Å²) in [4.78, 5) is 29.0. The molecule has 158 valence electrons. The molecule has 0 saturated carbocycles. The topological polar surface area (TPSA) is 103 Å². The Hall–Kier alpha value is -2.43. The maximum Gasteiger partial charge on any atom is 0.407 e. The van der Waals surface area contributed by atoms with Gasteiger partial charge in [0.15, 0.2) is 0 Å². The van der Waals surface area contributed by atoms with Crippen molar-refractivity contribution in [1.29, 1.82) is 0 Å². The molecule has 1 amide bonds. The van der Waals surface area contributed by atoms with Crippen LogP contribution in [0.3, 0.4) is 0 Å². The Morgan fingerprint density at radius 1 is 1.41 bits per heavy atom. The fraction of sp³-hybridized carbons (Fsp3) is 0.556. The number of aryl methyl sites for hydroxylation is 1. The Bertz CT molecular complexity index is 958. The Kier molecular flexibility index (Phi) is 5.70. The standard InChI is InChI=1S/C18H23BrFN5O4/c1-18(2,3)29-17(26)21-11-5-10(20)8-24(9-11)16-22-13-7-14(25(27)28)12(19)6-15(13)23(16)4/h6-7,10-11H,5,8-9H2,1-4H3,(H,21,26)/t10-,11-/m1/s1. The van der Waals surface area contributed by atoms with Crippen molar-refractivity contribution in [3.63, 3.8) is 0 Å². The Labute approximate surface area is 175 Å². The molecule has 11 heteroatoms. The number of alkyl carbamates (subject to hydrolysis) is 1. The summed E-state index contributed by atoms with van der Waals surface area (Å²) in [5.74, 6) is 0.478. The van der Waals surface area contributed by atoms with E-state index in [0.717, 1.165) is 0 Å². The van der Waals surface area contributed by atoms with E-state index in [1.165, 1.54) is 6.07 Å². The lowest BCUT2D eigenvalue weighted by molar-refractivity contribution is -0.385. The van der Waals surface area contributed by atoms with Crippen molar-refractivity contribution < 1.29 is 18.8 Å². The zero-order chi connectivity index (χ0) is 21.5. The first-order chi connectivity index (χ1) is 13.4. The van der Waals surface area contributed by atoms with Crippen LogP contribution in [0.25, 0.3) is 11.0 Å². The van der Waals surface area contributed by atoms with Gasteiger partial charge < -0.3 is 19.5 Å². The summed E-state index contributed by atoms with van der Waals surface area (Å²) in [6.07, 6.45) is -1.58. The molecule has 0 spiro atoms. The molecule has 9 nitrogen and oxygen atoms in total. The molecule has 2 atom stereocenters. The highest BCUT2D eigenvalue weighted by atomic mass is 79.9. The predicted octanol–water partition coefficient (Wildman–Crippen LogP) is 3.69. The van der Waals surface area contributed by atoms with Crippen LogP contribution >= 0.6 is 15.9 Å². The number of ether oxygens (including phenoxy) is 1. The van der Waals surface area contributed by atoms with E-state index in [1.54, 1.807) is 43.4 Å². The highest BCUT2D eigenvalue weighted by Crippen LogP contribution is 2.32. The number of carbonyl (C=O) groups excluding carboxylic acids is 1. The van der Waals surface area contributed by atoms with Gasteiger partial charge in [0.1, 0.15) is 11.8 Å². The number of hydrogen-bond acceptors (Lipinski definition) is 6. The number of rotatable bonds is 3. The zero-order valence-corrected chi connectivity index (χ0v) is 18.2. The van der Waals surface area contributed by atoms with E-state index in [4.69, 9.17) is 4.74 Å². The van der Waals surface area contributed by atoms with Gasteiger partial charge in [-0.25, -0.2) is 14.2 Å². The predicted molar refractivity (Wildman–Crippen MR) is 110 cm³/mol. The number of imidazole rings is 1. The van der Waals surface area contributed by atoms with Gasteiger partial charge in [0.2, 0.25) is 5.95 Å². The summed E-state index contributed by atoms with van der Waals surface area (Å²) in [6.45, 7) is 5.74. The van der Waals surface area contributed by atoms with E-state index in [2.05, 4.69) is 26.2 Å². The number of amides is 1. The summed E-state index contributed by atoms with van der Waals surface area (Å²) in [5.41, 5.74) is 0.381. The largest absolute Gasteiger partial charge is 0.444 e. The van der Waals surface area contributed by atoms with Crippen molar-refractivity contribution in [2.75, 3.05) is 18.0 Å².